The van der Waals surface area contributed by atoms with Gasteiger partial charge in [-0.1, -0.05) is 18.2 Å². The van der Waals surface area contributed by atoms with Gasteiger partial charge in [0.15, 0.2) is 6.61 Å². The Kier molecular flexibility index (Phi) is 5.31. The Balaban J connectivity index is 1.88. The number of benzene rings is 2. The maximum atomic E-state index is 11.5. The van der Waals surface area contributed by atoms with Crippen LogP contribution in [0.2, 0.25) is 0 Å². The highest BCUT2D eigenvalue weighted by atomic mass is 16.6. The van der Waals surface area contributed by atoms with Crippen molar-refractivity contribution in [3.8, 4) is 5.75 Å². The van der Waals surface area contributed by atoms with Gasteiger partial charge >= 0.3 is 5.97 Å². The molecule has 6 heteroatoms. The van der Waals surface area contributed by atoms with Gasteiger partial charge in [-0.05, 0) is 38.1 Å². The number of hydrogen-bond acceptors (Lipinski definition) is 6. The predicted molar refractivity (Wildman–Crippen MR) is 101 cm³/mol. The molecule has 6 nitrogen and oxygen atoms in total. The number of ether oxygens (including phenoxy) is 2. The lowest BCUT2D eigenvalue weighted by Crippen LogP contribution is -2.15. The van der Waals surface area contributed by atoms with Crippen molar-refractivity contribution >= 4 is 28.4 Å². The quantitative estimate of drug-likeness (QED) is 0.632. The van der Waals surface area contributed by atoms with Crippen molar-refractivity contribution in [2.75, 3.05) is 25.2 Å². The van der Waals surface area contributed by atoms with Gasteiger partial charge in [-0.3, -0.25) is 0 Å². The number of esters is 1. The van der Waals surface area contributed by atoms with E-state index in [2.05, 4.69) is 9.97 Å². The summed E-state index contributed by atoms with van der Waals surface area (Å²) in [6.45, 7) is 3.87. The van der Waals surface area contributed by atoms with Gasteiger partial charge in [0.05, 0.1) is 12.1 Å². The molecule has 0 amide bonds. The molecule has 0 saturated carbocycles. The fourth-order valence-corrected chi connectivity index (χ4v) is 2.68. The van der Waals surface area contributed by atoms with Crippen LogP contribution in [-0.2, 0) is 9.53 Å². The maximum Gasteiger partial charge on any atom is 0.344 e. The van der Waals surface area contributed by atoms with Crippen molar-refractivity contribution in [2.24, 2.45) is 0 Å². The highest BCUT2D eigenvalue weighted by Gasteiger charge is 2.13. The summed E-state index contributed by atoms with van der Waals surface area (Å²) in [6.07, 6.45) is 0. The van der Waals surface area contributed by atoms with Crippen LogP contribution in [0.25, 0.3) is 10.9 Å². The van der Waals surface area contributed by atoms with Crippen molar-refractivity contribution < 1.29 is 14.3 Å². The second-order valence-electron chi connectivity index (χ2n) is 5.76. The van der Waals surface area contributed by atoms with Crippen molar-refractivity contribution in [3.05, 3.63) is 54.4 Å². The zero-order valence-electron chi connectivity index (χ0n) is 15.1. The Morgan fingerprint density at radius 1 is 1.12 bits per heavy atom. The molecule has 0 saturated heterocycles. The van der Waals surface area contributed by atoms with Gasteiger partial charge in [-0.15, -0.1) is 0 Å². The van der Waals surface area contributed by atoms with Crippen LogP contribution in [0, 0.1) is 6.92 Å². The Morgan fingerprint density at radius 3 is 2.73 bits per heavy atom. The molecule has 0 atom stereocenters. The van der Waals surface area contributed by atoms with Crippen LogP contribution in [-0.4, -0.2) is 36.2 Å². The molecule has 3 rings (SSSR count). The van der Waals surface area contributed by atoms with E-state index < -0.39 is 0 Å². The van der Waals surface area contributed by atoms with E-state index in [0.29, 0.717) is 18.2 Å². The van der Waals surface area contributed by atoms with Gasteiger partial charge in [-0.2, -0.15) is 0 Å². The molecule has 0 aliphatic rings. The topological polar surface area (TPSA) is 64.6 Å². The first-order chi connectivity index (χ1) is 12.6. The zero-order chi connectivity index (χ0) is 18.5. The predicted octanol–water partition coefficient (Wildman–Crippen LogP) is 3.65. The molecule has 2 aromatic carbocycles. The Bertz CT molecular complexity index is 927. The molecule has 0 aliphatic carbocycles. The van der Waals surface area contributed by atoms with Gasteiger partial charge in [-0.25, -0.2) is 14.8 Å². The summed E-state index contributed by atoms with van der Waals surface area (Å²) in [5.74, 6) is 1.73. The minimum absolute atomic E-state index is 0.115. The summed E-state index contributed by atoms with van der Waals surface area (Å²) < 4.78 is 10.4. The molecule has 0 spiro atoms. The highest BCUT2D eigenvalue weighted by molar-refractivity contribution is 5.91. The summed E-state index contributed by atoms with van der Waals surface area (Å²) in [7, 11) is 1.94. The van der Waals surface area contributed by atoms with Crippen LogP contribution < -0.4 is 9.64 Å². The van der Waals surface area contributed by atoms with Crippen LogP contribution >= 0.6 is 0 Å². The van der Waals surface area contributed by atoms with E-state index in [-0.39, 0.29) is 12.6 Å². The lowest BCUT2D eigenvalue weighted by molar-refractivity contribution is -0.145. The van der Waals surface area contributed by atoms with Crippen molar-refractivity contribution in [3.63, 3.8) is 0 Å². The van der Waals surface area contributed by atoms with E-state index in [1.54, 1.807) is 13.0 Å². The van der Waals surface area contributed by atoms with Gasteiger partial charge < -0.3 is 14.4 Å². The molecule has 0 bridgehead atoms. The van der Waals surface area contributed by atoms with E-state index in [1.807, 2.05) is 61.3 Å². The number of aryl methyl sites for hydroxylation is 1. The molecule has 1 aromatic heterocycles. The summed E-state index contributed by atoms with van der Waals surface area (Å²) in [4.78, 5) is 22.5. The number of nitrogens with zero attached hydrogens (tertiary/aromatic N) is 3. The van der Waals surface area contributed by atoms with Crippen molar-refractivity contribution in [1.29, 1.82) is 0 Å². The first-order valence-corrected chi connectivity index (χ1v) is 8.44. The average molecular weight is 351 g/mol. The lowest BCUT2D eigenvalue weighted by Gasteiger charge is -2.21. The number of carbonyl (C=O) groups is 1. The Hall–Kier alpha value is -3.15. The molecular weight excluding hydrogens is 330 g/mol. The standard InChI is InChI=1S/C20H21N3O3/c1-4-25-19(24)13-26-16-9-7-8-15(12-16)23(3)20-17-10-5-6-11-18(17)21-14(2)22-20/h5-12H,4,13H2,1-3H3. The molecule has 26 heavy (non-hydrogen) atoms. The second kappa shape index (κ2) is 7.82. The van der Waals surface area contributed by atoms with Crippen LogP contribution in [0.4, 0.5) is 11.5 Å². The van der Waals surface area contributed by atoms with Gasteiger partial charge in [0.2, 0.25) is 0 Å². The van der Waals surface area contributed by atoms with Crippen LogP contribution in [0.3, 0.4) is 0 Å². The molecule has 0 N–H and O–H groups in total. The molecule has 0 radical (unpaired) electrons. The summed E-state index contributed by atoms with van der Waals surface area (Å²) >= 11 is 0. The third-order valence-corrected chi connectivity index (χ3v) is 3.88. The zero-order valence-corrected chi connectivity index (χ0v) is 15.1. The number of para-hydroxylation sites is 1. The fraction of sp³-hybridized carbons (Fsp3) is 0.250. The highest BCUT2D eigenvalue weighted by Crippen LogP contribution is 2.30. The van der Waals surface area contributed by atoms with Crippen LogP contribution in [0.15, 0.2) is 48.5 Å². The third kappa shape index (κ3) is 3.91. The molecule has 3 aromatic rings. The molecule has 1 heterocycles. The Labute approximate surface area is 152 Å². The summed E-state index contributed by atoms with van der Waals surface area (Å²) in [5.41, 5.74) is 1.80. The first kappa shape index (κ1) is 17.7. The van der Waals surface area contributed by atoms with Gasteiger partial charge in [0, 0.05) is 24.2 Å². The number of rotatable bonds is 6. The molecule has 0 unspecified atom stereocenters. The minimum atomic E-state index is -0.385. The van der Waals surface area contributed by atoms with E-state index in [9.17, 15) is 4.79 Å². The third-order valence-electron chi connectivity index (χ3n) is 3.88. The smallest absolute Gasteiger partial charge is 0.344 e. The minimum Gasteiger partial charge on any atom is -0.482 e. The van der Waals surface area contributed by atoms with E-state index >= 15 is 0 Å². The van der Waals surface area contributed by atoms with Gasteiger partial charge in [0.25, 0.3) is 0 Å². The van der Waals surface area contributed by atoms with Gasteiger partial charge in [0.1, 0.15) is 17.4 Å². The monoisotopic (exact) mass is 351 g/mol. The Morgan fingerprint density at radius 2 is 1.92 bits per heavy atom. The van der Waals surface area contributed by atoms with Crippen molar-refractivity contribution in [1.82, 2.24) is 9.97 Å². The number of hydrogen-bond donors (Lipinski definition) is 0. The van der Waals surface area contributed by atoms with Crippen LogP contribution in [0.5, 0.6) is 5.75 Å². The SMILES string of the molecule is CCOC(=O)COc1cccc(N(C)c2nc(C)nc3ccccc23)c1. The summed E-state index contributed by atoms with van der Waals surface area (Å²) in [5, 5.41) is 0.971. The summed E-state index contributed by atoms with van der Waals surface area (Å²) in [6, 6.07) is 15.4. The average Bonchev–Trinajstić information content (AvgIpc) is 2.65. The van der Waals surface area contributed by atoms with E-state index in [1.165, 1.54) is 0 Å². The van der Waals surface area contributed by atoms with Crippen molar-refractivity contribution in [2.45, 2.75) is 13.8 Å². The van der Waals surface area contributed by atoms with Crippen LogP contribution in [0.1, 0.15) is 12.7 Å². The van der Waals surface area contributed by atoms with E-state index in [0.717, 1.165) is 22.4 Å². The normalized spacial score (nSPS) is 10.6. The maximum absolute atomic E-state index is 11.5. The molecule has 0 aliphatic heterocycles. The molecule has 0 fully saturated rings. The number of anilines is 2. The fourth-order valence-electron chi connectivity index (χ4n) is 2.68. The van der Waals surface area contributed by atoms with E-state index in [4.69, 9.17) is 9.47 Å². The molecule has 134 valence electrons. The molecular formula is C20H21N3O3. The lowest BCUT2D eigenvalue weighted by atomic mass is 10.2. The second-order valence-corrected chi connectivity index (χ2v) is 5.76. The number of fused-ring (bicyclic) bond motifs is 1. The largest absolute Gasteiger partial charge is 0.482 e. The number of aromatic nitrogens is 2. The number of carbonyl (C=O) groups excluding carboxylic acids is 1. The first-order valence-electron chi connectivity index (χ1n) is 8.44.